The molecule has 0 aliphatic carbocycles. The Morgan fingerprint density at radius 3 is 3.11 bits per heavy atom. The third-order valence-corrected chi connectivity index (χ3v) is 2.42. The number of aromatic nitrogens is 3. The van der Waals surface area contributed by atoms with Crippen LogP contribution in [0.3, 0.4) is 0 Å². The molecule has 1 aromatic carbocycles. The number of aromatic amines is 1. The van der Waals surface area contributed by atoms with E-state index in [4.69, 9.17) is 9.84 Å². The van der Waals surface area contributed by atoms with Crippen molar-refractivity contribution in [3.63, 3.8) is 0 Å². The molecular formula is C12H14N4O3. The SMILES string of the molecule is COc1cccc(NCc2nc(CC(=O)O)n[nH]2)c1. The molecule has 2 rings (SSSR count). The number of aliphatic carboxylic acids is 1. The van der Waals surface area contributed by atoms with E-state index >= 15 is 0 Å². The molecule has 3 N–H and O–H groups in total. The monoisotopic (exact) mass is 262 g/mol. The molecule has 0 unspecified atom stereocenters. The summed E-state index contributed by atoms with van der Waals surface area (Å²) in [6.07, 6.45) is -0.185. The van der Waals surface area contributed by atoms with Crippen molar-refractivity contribution in [3.05, 3.63) is 35.9 Å². The summed E-state index contributed by atoms with van der Waals surface area (Å²) in [5.41, 5.74) is 0.885. The van der Waals surface area contributed by atoms with E-state index < -0.39 is 5.97 Å². The Morgan fingerprint density at radius 2 is 2.37 bits per heavy atom. The average molecular weight is 262 g/mol. The summed E-state index contributed by atoms with van der Waals surface area (Å²) < 4.78 is 5.11. The molecule has 0 fully saturated rings. The van der Waals surface area contributed by atoms with Crippen LogP contribution < -0.4 is 10.1 Å². The maximum atomic E-state index is 10.5. The Balaban J connectivity index is 1.94. The number of ether oxygens (including phenoxy) is 1. The molecule has 0 atom stereocenters. The molecule has 1 aromatic heterocycles. The molecule has 0 aliphatic rings. The van der Waals surface area contributed by atoms with E-state index in [1.165, 1.54) is 0 Å². The van der Waals surface area contributed by atoms with Crippen LogP contribution in [0, 0.1) is 0 Å². The van der Waals surface area contributed by atoms with Gasteiger partial charge in [-0.15, -0.1) is 0 Å². The highest BCUT2D eigenvalue weighted by molar-refractivity contribution is 5.68. The fourth-order valence-corrected chi connectivity index (χ4v) is 1.55. The van der Waals surface area contributed by atoms with Gasteiger partial charge in [0.15, 0.2) is 5.82 Å². The molecule has 0 spiro atoms. The fraction of sp³-hybridized carbons (Fsp3) is 0.250. The van der Waals surface area contributed by atoms with Crippen molar-refractivity contribution in [2.45, 2.75) is 13.0 Å². The molecule has 1 heterocycles. The molecule has 0 saturated carbocycles. The lowest BCUT2D eigenvalue weighted by molar-refractivity contribution is -0.136. The summed E-state index contributed by atoms with van der Waals surface area (Å²) in [5, 5.41) is 18.3. The van der Waals surface area contributed by atoms with Crippen LogP contribution in [-0.4, -0.2) is 33.4 Å². The summed E-state index contributed by atoms with van der Waals surface area (Å²) in [5.74, 6) is 0.662. The molecule has 100 valence electrons. The van der Waals surface area contributed by atoms with E-state index in [-0.39, 0.29) is 12.2 Å². The summed E-state index contributed by atoms with van der Waals surface area (Å²) in [6, 6.07) is 7.48. The summed E-state index contributed by atoms with van der Waals surface area (Å²) in [7, 11) is 1.60. The first kappa shape index (κ1) is 12.9. The predicted octanol–water partition coefficient (Wildman–Crippen LogP) is 1.05. The second-order valence-electron chi connectivity index (χ2n) is 3.85. The molecule has 19 heavy (non-hydrogen) atoms. The third-order valence-electron chi connectivity index (χ3n) is 2.42. The lowest BCUT2D eigenvalue weighted by Crippen LogP contribution is -2.03. The minimum absolute atomic E-state index is 0.185. The van der Waals surface area contributed by atoms with Crippen molar-refractivity contribution < 1.29 is 14.6 Å². The van der Waals surface area contributed by atoms with E-state index in [9.17, 15) is 4.79 Å². The molecule has 7 heteroatoms. The number of H-pyrrole nitrogens is 1. The van der Waals surface area contributed by atoms with Gasteiger partial charge in [0.2, 0.25) is 0 Å². The highest BCUT2D eigenvalue weighted by Crippen LogP contribution is 2.16. The zero-order valence-electron chi connectivity index (χ0n) is 10.4. The molecule has 0 aliphatic heterocycles. The molecule has 0 bridgehead atoms. The van der Waals surface area contributed by atoms with Crippen LogP contribution in [0.4, 0.5) is 5.69 Å². The second kappa shape index (κ2) is 5.85. The number of rotatable bonds is 6. The number of nitrogens with one attached hydrogen (secondary N) is 2. The number of carboxylic acid groups (broad SMARTS) is 1. The average Bonchev–Trinajstić information content (AvgIpc) is 2.83. The molecule has 0 radical (unpaired) electrons. The van der Waals surface area contributed by atoms with Gasteiger partial charge in [-0.2, -0.15) is 5.10 Å². The molecule has 0 amide bonds. The van der Waals surface area contributed by atoms with Crippen LogP contribution in [0.5, 0.6) is 5.75 Å². The Bertz CT molecular complexity index is 568. The van der Waals surface area contributed by atoms with Crippen molar-refractivity contribution in [1.29, 1.82) is 0 Å². The van der Waals surface area contributed by atoms with Gasteiger partial charge in [-0.3, -0.25) is 9.89 Å². The summed E-state index contributed by atoms with van der Waals surface area (Å²) in [6.45, 7) is 0.430. The van der Waals surface area contributed by atoms with Crippen molar-refractivity contribution in [2.24, 2.45) is 0 Å². The summed E-state index contributed by atoms with van der Waals surface area (Å²) >= 11 is 0. The number of nitrogens with zero attached hydrogens (tertiary/aromatic N) is 2. The van der Waals surface area contributed by atoms with E-state index in [1.807, 2.05) is 24.3 Å². The molecule has 0 saturated heterocycles. The number of hydrogen-bond donors (Lipinski definition) is 3. The minimum Gasteiger partial charge on any atom is -0.497 e. The first-order valence-corrected chi connectivity index (χ1v) is 5.67. The maximum absolute atomic E-state index is 10.5. The van der Waals surface area contributed by atoms with Crippen molar-refractivity contribution in [2.75, 3.05) is 12.4 Å². The lowest BCUT2D eigenvalue weighted by Gasteiger charge is -2.05. The molecular weight excluding hydrogens is 248 g/mol. The number of carbonyl (C=O) groups is 1. The van der Waals surface area contributed by atoms with Crippen LogP contribution in [-0.2, 0) is 17.8 Å². The number of hydrogen-bond acceptors (Lipinski definition) is 5. The van der Waals surface area contributed by atoms with Crippen LogP contribution >= 0.6 is 0 Å². The van der Waals surface area contributed by atoms with E-state index in [2.05, 4.69) is 20.5 Å². The van der Waals surface area contributed by atoms with Gasteiger partial charge in [0.05, 0.1) is 13.7 Å². The molecule has 2 aromatic rings. The van der Waals surface area contributed by atoms with Gasteiger partial charge in [-0.05, 0) is 12.1 Å². The van der Waals surface area contributed by atoms with Gasteiger partial charge in [0.25, 0.3) is 0 Å². The Labute approximate surface area is 109 Å². The zero-order valence-corrected chi connectivity index (χ0v) is 10.4. The summed E-state index contributed by atoms with van der Waals surface area (Å²) in [4.78, 5) is 14.6. The second-order valence-corrected chi connectivity index (χ2v) is 3.85. The van der Waals surface area contributed by atoms with Gasteiger partial charge in [0.1, 0.15) is 18.0 Å². The highest BCUT2D eigenvalue weighted by atomic mass is 16.5. The minimum atomic E-state index is -0.952. The van der Waals surface area contributed by atoms with Gasteiger partial charge in [0, 0.05) is 11.8 Å². The van der Waals surface area contributed by atoms with Gasteiger partial charge < -0.3 is 15.2 Å². The third kappa shape index (κ3) is 3.70. The van der Waals surface area contributed by atoms with Crippen molar-refractivity contribution in [3.8, 4) is 5.75 Å². The predicted molar refractivity (Wildman–Crippen MR) is 68.0 cm³/mol. The standard InChI is InChI=1S/C12H14N4O3/c1-19-9-4-2-3-8(5-9)13-7-11-14-10(15-16-11)6-12(17)18/h2-5,13H,6-7H2,1H3,(H,17,18)(H,14,15,16). The number of benzene rings is 1. The Kier molecular flexibility index (Phi) is 3.97. The Hall–Kier alpha value is -2.57. The van der Waals surface area contributed by atoms with Crippen LogP contribution in [0.15, 0.2) is 24.3 Å². The highest BCUT2D eigenvalue weighted by Gasteiger charge is 2.07. The van der Waals surface area contributed by atoms with Crippen LogP contribution in [0.25, 0.3) is 0 Å². The lowest BCUT2D eigenvalue weighted by atomic mass is 10.3. The number of carboxylic acids is 1. The Morgan fingerprint density at radius 1 is 1.53 bits per heavy atom. The van der Waals surface area contributed by atoms with Gasteiger partial charge in [-0.1, -0.05) is 6.07 Å². The van der Waals surface area contributed by atoms with E-state index in [1.54, 1.807) is 7.11 Å². The first-order chi connectivity index (χ1) is 9.17. The van der Waals surface area contributed by atoms with E-state index in [0.717, 1.165) is 11.4 Å². The topological polar surface area (TPSA) is 100 Å². The normalized spacial score (nSPS) is 10.2. The van der Waals surface area contributed by atoms with Crippen molar-refractivity contribution >= 4 is 11.7 Å². The van der Waals surface area contributed by atoms with Crippen molar-refractivity contribution in [1.82, 2.24) is 15.2 Å². The fourth-order valence-electron chi connectivity index (χ4n) is 1.55. The largest absolute Gasteiger partial charge is 0.497 e. The van der Waals surface area contributed by atoms with Crippen LogP contribution in [0.2, 0.25) is 0 Å². The quantitative estimate of drug-likeness (QED) is 0.719. The van der Waals surface area contributed by atoms with Gasteiger partial charge >= 0.3 is 5.97 Å². The number of methoxy groups -OCH3 is 1. The zero-order chi connectivity index (χ0) is 13.7. The smallest absolute Gasteiger partial charge is 0.311 e. The first-order valence-electron chi connectivity index (χ1n) is 5.67. The molecule has 7 nitrogen and oxygen atoms in total. The van der Waals surface area contributed by atoms with Crippen LogP contribution in [0.1, 0.15) is 11.6 Å². The number of anilines is 1. The maximum Gasteiger partial charge on any atom is 0.311 e. The van der Waals surface area contributed by atoms with E-state index in [0.29, 0.717) is 12.4 Å². The van der Waals surface area contributed by atoms with Gasteiger partial charge in [-0.25, -0.2) is 4.98 Å².